The number of rotatable bonds is 2. The summed E-state index contributed by atoms with van der Waals surface area (Å²) in [5, 5.41) is 22.4. The van der Waals surface area contributed by atoms with Crippen LogP contribution in [0.3, 0.4) is 0 Å². The van der Waals surface area contributed by atoms with Crippen molar-refractivity contribution in [2.75, 3.05) is 0 Å². The molecule has 0 saturated heterocycles. The van der Waals surface area contributed by atoms with Crippen molar-refractivity contribution in [1.29, 1.82) is 0 Å². The second-order valence-electron chi connectivity index (χ2n) is 5.41. The lowest BCUT2D eigenvalue weighted by Gasteiger charge is -2.12. The minimum absolute atomic E-state index is 0.122. The topological polar surface area (TPSA) is 56.8 Å². The second kappa shape index (κ2) is 6.03. The quantitative estimate of drug-likeness (QED) is 0.373. The molecule has 0 N–H and O–H groups in total. The average Bonchev–Trinajstić information content (AvgIpc) is 2.94. The predicted octanol–water partition coefficient (Wildman–Crippen LogP) is 3.68. The highest BCUT2D eigenvalue weighted by molar-refractivity contribution is 9.08. The molecular formula is C17H12BrClN4O. The summed E-state index contributed by atoms with van der Waals surface area (Å²) in [7, 11) is 0. The van der Waals surface area contributed by atoms with Crippen LogP contribution in [0.25, 0.3) is 5.69 Å². The molecular weight excluding hydrogens is 392 g/mol. The average molecular weight is 404 g/mol. The van der Waals surface area contributed by atoms with Crippen molar-refractivity contribution in [3.63, 3.8) is 0 Å². The molecule has 0 radical (unpaired) electrons. The third kappa shape index (κ3) is 2.42. The zero-order valence-corrected chi connectivity index (χ0v) is 14.8. The van der Waals surface area contributed by atoms with Crippen molar-refractivity contribution in [3.8, 4) is 5.69 Å². The smallest absolute Gasteiger partial charge is 0.228 e. The van der Waals surface area contributed by atoms with Crippen LogP contribution in [0.4, 0.5) is 0 Å². The van der Waals surface area contributed by atoms with E-state index in [1.807, 2.05) is 53.1 Å². The summed E-state index contributed by atoms with van der Waals surface area (Å²) < 4.78 is 2.87. The van der Waals surface area contributed by atoms with Crippen LogP contribution in [0.1, 0.15) is 22.8 Å². The summed E-state index contributed by atoms with van der Waals surface area (Å²) in [6.45, 7) is 0.122. The highest BCUT2D eigenvalue weighted by Crippen LogP contribution is 2.28. The number of alkyl halides is 1. The van der Waals surface area contributed by atoms with E-state index in [0.29, 0.717) is 21.9 Å². The summed E-state index contributed by atoms with van der Waals surface area (Å²) in [5.74, 6) is 1.35. The van der Waals surface area contributed by atoms with Gasteiger partial charge >= 0.3 is 0 Å². The molecule has 0 atom stereocenters. The van der Waals surface area contributed by atoms with Crippen LogP contribution in [0.15, 0.2) is 48.5 Å². The SMILES string of the molecule is [O-][N+]1=C(c2ccccc2)c2cc(Cl)ccc2-n2c(CBr)nnc2C1. The number of benzene rings is 2. The first kappa shape index (κ1) is 15.4. The van der Waals surface area contributed by atoms with Crippen molar-refractivity contribution in [1.82, 2.24) is 14.8 Å². The molecule has 0 fully saturated rings. The van der Waals surface area contributed by atoms with Gasteiger partial charge in [0.25, 0.3) is 0 Å². The van der Waals surface area contributed by atoms with E-state index in [0.717, 1.165) is 27.4 Å². The van der Waals surface area contributed by atoms with Gasteiger partial charge in [-0.05, 0) is 30.3 Å². The molecule has 0 unspecified atom stereocenters. The maximum Gasteiger partial charge on any atom is 0.228 e. The molecule has 0 aliphatic carbocycles. The number of aromatic nitrogens is 3. The number of hydrogen-bond donors (Lipinski definition) is 0. The van der Waals surface area contributed by atoms with Gasteiger partial charge in [0.15, 0.2) is 0 Å². The minimum Gasteiger partial charge on any atom is -0.623 e. The number of halogens is 2. The zero-order chi connectivity index (χ0) is 16.7. The molecule has 3 aromatic rings. The molecule has 2 aromatic carbocycles. The Kier molecular flexibility index (Phi) is 3.86. The first-order valence-corrected chi connectivity index (χ1v) is 8.85. The fraction of sp³-hybridized carbons (Fsp3) is 0.118. The first-order valence-electron chi connectivity index (χ1n) is 7.35. The van der Waals surface area contributed by atoms with Gasteiger partial charge in [-0.15, -0.1) is 10.2 Å². The van der Waals surface area contributed by atoms with E-state index in [2.05, 4.69) is 26.1 Å². The molecule has 1 aliphatic rings. The van der Waals surface area contributed by atoms with Gasteiger partial charge in [0.2, 0.25) is 18.1 Å². The van der Waals surface area contributed by atoms with Crippen molar-refractivity contribution in [2.24, 2.45) is 0 Å². The number of nitrogens with zero attached hydrogens (tertiary/aromatic N) is 4. The lowest BCUT2D eigenvalue weighted by molar-refractivity contribution is -0.475. The second-order valence-corrected chi connectivity index (χ2v) is 6.41. The summed E-state index contributed by atoms with van der Waals surface area (Å²) in [6.07, 6.45) is 0. The van der Waals surface area contributed by atoms with Gasteiger partial charge in [-0.3, -0.25) is 4.57 Å². The van der Waals surface area contributed by atoms with Crippen LogP contribution in [0, 0.1) is 5.21 Å². The molecule has 2 heterocycles. The number of hydroxylamine groups is 1. The Hall–Kier alpha value is -2.18. The van der Waals surface area contributed by atoms with Crippen LogP contribution in [0.5, 0.6) is 0 Å². The Labute approximate surface area is 151 Å². The van der Waals surface area contributed by atoms with Crippen LogP contribution in [0.2, 0.25) is 5.02 Å². The van der Waals surface area contributed by atoms with E-state index in [1.54, 1.807) is 0 Å². The van der Waals surface area contributed by atoms with E-state index >= 15 is 0 Å². The van der Waals surface area contributed by atoms with Gasteiger partial charge in [0.1, 0.15) is 5.82 Å². The summed E-state index contributed by atoms with van der Waals surface area (Å²) >= 11 is 9.66. The van der Waals surface area contributed by atoms with Crippen molar-refractivity contribution in [2.45, 2.75) is 11.9 Å². The minimum atomic E-state index is 0.122. The lowest BCUT2D eigenvalue weighted by atomic mass is 10.0. The molecule has 1 aliphatic heterocycles. The van der Waals surface area contributed by atoms with Gasteiger partial charge in [0.05, 0.1) is 16.6 Å². The van der Waals surface area contributed by atoms with Crippen molar-refractivity contribution >= 4 is 33.2 Å². The van der Waals surface area contributed by atoms with Gasteiger partial charge in [-0.2, -0.15) is 4.74 Å². The van der Waals surface area contributed by atoms with Gasteiger partial charge < -0.3 is 5.21 Å². The fourth-order valence-electron chi connectivity index (χ4n) is 2.95. The number of fused-ring (bicyclic) bond motifs is 3. The molecule has 24 heavy (non-hydrogen) atoms. The van der Waals surface area contributed by atoms with Crippen LogP contribution < -0.4 is 0 Å². The van der Waals surface area contributed by atoms with E-state index in [1.165, 1.54) is 0 Å². The Bertz CT molecular complexity index is 952. The standard InChI is InChI=1S/C17H12BrClN4O/c18-9-15-20-21-16-10-22(24)17(11-4-2-1-3-5-11)13-8-12(19)6-7-14(13)23(15)16/h1-8H,9-10H2. The molecule has 0 amide bonds. The summed E-state index contributed by atoms with van der Waals surface area (Å²) in [4.78, 5) is 0. The van der Waals surface area contributed by atoms with Crippen LogP contribution >= 0.6 is 27.5 Å². The van der Waals surface area contributed by atoms with Gasteiger partial charge in [-0.25, -0.2) is 0 Å². The Morgan fingerprint density at radius 2 is 1.96 bits per heavy atom. The third-order valence-electron chi connectivity index (χ3n) is 3.95. The van der Waals surface area contributed by atoms with E-state index in [9.17, 15) is 5.21 Å². The summed E-state index contributed by atoms with van der Waals surface area (Å²) in [6, 6.07) is 15.1. The predicted molar refractivity (Wildman–Crippen MR) is 96.0 cm³/mol. The van der Waals surface area contributed by atoms with Crippen molar-refractivity contribution < 1.29 is 4.74 Å². The third-order valence-corrected chi connectivity index (χ3v) is 4.69. The molecule has 0 saturated carbocycles. The largest absolute Gasteiger partial charge is 0.623 e. The van der Waals surface area contributed by atoms with Gasteiger partial charge in [0, 0.05) is 10.6 Å². The maximum absolute atomic E-state index is 12.9. The monoisotopic (exact) mass is 402 g/mol. The molecule has 0 bridgehead atoms. The highest BCUT2D eigenvalue weighted by Gasteiger charge is 2.29. The molecule has 0 spiro atoms. The normalized spacial score (nSPS) is 13.4. The Morgan fingerprint density at radius 3 is 2.71 bits per heavy atom. The number of hydrogen-bond acceptors (Lipinski definition) is 3. The molecule has 7 heteroatoms. The Morgan fingerprint density at radius 1 is 1.17 bits per heavy atom. The highest BCUT2D eigenvalue weighted by atomic mass is 79.9. The fourth-order valence-corrected chi connectivity index (χ4v) is 3.49. The van der Waals surface area contributed by atoms with Gasteiger partial charge in [-0.1, -0.05) is 45.7 Å². The van der Waals surface area contributed by atoms with Crippen LogP contribution in [-0.4, -0.2) is 25.2 Å². The lowest BCUT2D eigenvalue weighted by Crippen LogP contribution is -2.17. The first-order chi connectivity index (χ1) is 11.7. The van der Waals surface area contributed by atoms with Crippen LogP contribution in [-0.2, 0) is 11.9 Å². The van der Waals surface area contributed by atoms with E-state index < -0.39 is 0 Å². The maximum atomic E-state index is 12.9. The van der Waals surface area contributed by atoms with Crippen molar-refractivity contribution in [3.05, 3.63) is 81.5 Å². The molecule has 120 valence electrons. The van der Waals surface area contributed by atoms with E-state index in [-0.39, 0.29) is 6.54 Å². The van der Waals surface area contributed by atoms with E-state index in [4.69, 9.17) is 11.6 Å². The molecule has 4 rings (SSSR count). The molecule has 5 nitrogen and oxygen atoms in total. The summed E-state index contributed by atoms with van der Waals surface area (Å²) in [5.41, 5.74) is 3.05. The molecule has 1 aromatic heterocycles. The Balaban J connectivity index is 2.06. The zero-order valence-electron chi connectivity index (χ0n) is 12.5.